The van der Waals surface area contributed by atoms with E-state index in [9.17, 15) is 4.79 Å². The van der Waals surface area contributed by atoms with Gasteiger partial charge in [0.05, 0.1) is 6.54 Å². The van der Waals surface area contributed by atoms with E-state index in [1.165, 1.54) is 0 Å². The van der Waals surface area contributed by atoms with Crippen molar-refractivity contribution in [2.24, 2.45) is 0 Å². The van der Waals surface area contributed by atoms with Crippen LogP contribution in [0.25, 0.3) is 0 Å². The molecule has 0 aliphatic heterocycles. The van der Waals surface area contributed by atoms with Crippen LogP contribution in [0.3, 0.4) is 0 Å². The zero-order valence-electron chi connectivity index (χ0n) is 8.45. The second-order valence-electron chi connectivity index (χ2n) is 3.07. The molecule has 10 heteroatoms. The molecule has 0 aliphatic carbocycles. The number of hydrogen-bond donors (Lipinski definition) is 5. The van der Waals surface area contributed by atoms with Crippen molar-refractivity contribution in [1.82, 2.24) is 15.0 Å². The first kappa shape index (κ1) is 13.7. The van der Waals surface area contributed by atoms with Crippen molar-refractivity contribution in [1.29, 1.82) is 0 Å². The lowest BCUT2D eigenvalue weighted by Gasteiger charge is -2.21. The highest BCUT2D eigenvalue weighted by atomic mass is 32.1. The Morgan fingerprint density at radius 2 is 2.06 bits per heavy atom. The van der Waals surface area contributed by atoms with Gasteiger partial charge in [0.2, 0.25) is 10.7 Å². The third-order valence-corrected chi connectivity index (χ3v) is 2.06. The fourth-order valence-corrected chi connectivity index (χ4v) is 1.56. The van der Waals surface area contributed by atoms with E-state index in [1.807, 2.05) is 0 Å². The summed E-state index contributed by atoms with van der Waals surface area (Å²) in [6.07, 6.45) is -1.70. The van der Waals surface area contributed by atoms with Crippen LogP contribution in [-0.4, -0.2) is 55.6 Å². The van der Waals surface area contributed by atoms with Crippen LogP contribution < -0.4 is 4.90 Å². The van der Waals surface area contributed by atoms with Gasteiger partial charge in [-0.05, 0) is 24.4 Å². The molecule has 0 unspecified atom stereocenters. The number of carboxylic acid groups (broad SMARTS) is 1. The molecule has 0 atom stereocenters. The van der Waals surface area contributed by atoms with E-state index >= 15 is 0 Å². The average Bonchev–Trinajstić information content (AvgIpc) is 2.13. The molecule has 17 heavy (non-hydrogen) atoms. The van der Waals surface area contributed by atoms with Crippen LogP contribution in [-0.2, 0) is 4.79 Å². The highest BCUT2D eigenvalue weighted by molar-refractivity contribution is 7.71. The van der Waals surface area contributed by atoms with Crippen LogP contribution >= 0.6 is 24.4 Å². The van der Waals surface area contributed by atoms with Gasteiger partial charge in [0.1, 0.15) is 6.54 Å². The molecule has 94 valence electrons. The topological polar surface area (TPSA) is 125 Å². The minimum Gasteiger partial charge on any atom is -0.480 e. The van der Waals surface area contributed by atoms with Crippen molar-refractivity contribution in [2.75, 3.05) is 18.0 Å². The number of aliphatic hydroxyl groups is 2. The third kappa shape index (κ3) is 4.56. The quantitative estimate of drug-likeness (QED) is 0.357. The number of rotatable bonds is 5. The van der Waals surface area contributed by atoms with Gasteiger partial charge in [-0.3, -0.25) is 4.79 Å². The van der Waals surface area contributed by atoms with Crippen molar-refractivity contribution in [3.05, 3.63) is 9.54 Å². The Labute approximate surface area is 106 Å². The first-order valence-electron chi connectivity index (χ1n) is 4.42. The Kier molecular flexibility index (Phi) is 4.69. The van der Waals surface area contributed by atoms with Crippen molar-refractivity contribution in [3.63, 3.8) is 0 Å². The van der Waals surface area contributed by atoms with Gasteiger partial charge in [0.25, 0.3) is 0 Å². The SMILES string of the molecule is O=C(O)CN(CC(O)O)c1nc(=S)[nH]c(=S)[nH]1. The maximum Gasteiger partial charge on any atom is 0.323 e. The first-order valence-corrected chi connectivity index (χ1v) is 5.23. The normalized spacial score (nSPS) is 10.5. The van der Waals surface area contributed by atoms with E-state index in [-0.39, 0.29) is 22.0 Å². The maximum atomic E-state index is 10.6. The number of aliphatic hydroxyl groups excluding tert-OH is 1. The van der Waals surface area contributed by atoms with Gasteiger partial charge >= 0.3 is 5.97 Å². The van der Waals surface area contributed by atoms with Gasteiger partial charge in [0, 0.05) is 0 Å². The molecule has 0 bridgehead atoms. The molecule has 5 N–H and O–H groups in total. The van der Waals surface area contributed by atoms with Gasteiger partial charge in [-0.25, -0.2) is 0 Å². The number of H-pyrrole nitrogens is 2. The molecule has 0 spiro atoms. The number of anilines is 1. The van der Waals surface area contributed by atoms with E-state index in [0.29, 0.717) is 0 Å². The molecule has 0 aromatic carbocycles. The van der Waals surface area contributed by atoms with Crippen LogP contribution in [0.4, 0.5) is 5.95 Å². The highest BCUT2D eigenvalue weighted by Crippen LogP contribution is 2.05. The predicted molar refractivity (Wildman–Crippen MR) is 62.7 cm³/mol. The Morgan fingerprint density at radius 3 is 2.53 bits per heavy atom. The summed E-state index contributed by atoms with van der Waals surface area (Å²) in [6, 6.07) is 0. The highest BCUT2D eigenvalue weighted by Gasteiger charge is 2.15. The Balaban J connectivity index is 3.07. The molecule has 1 heterocycles. The maximum absolute atomic E-state index is 10.6. The minimum absolute atomic E-state index is 0.0641. The largest absolute Gasteiger partial charge is 0.480 e. The number of carboxylic acids is 1. The number of aliphatic carboxylic acids is 1. The molecular weight excluding hydrogens is 268 g/mol. The van der Waals surface area contributed by atoms with E-state index in [4.69, 9.17) is 39.8 Å². The number of nitrogens with one attached hydrogen (secondary N) is 2. The van der Waals surface area contributed by atoms with Crippen LogP contribution in [0.2, 0.25) is 0 Å². The Morgan fingerprint density at radius 1 is 1.41 bits per heavy atom. The molecule has 1 rings (SSSR count). The molecular formula is C7H10N4O4S2. The second-order valence-corrected chi connectivity index (χ2v) is 3.87. The smallest absolute Gasteiger partial charge is 0.323 e. The lowest BCUT2D eigenvalue weighted by molar-refractivity contribution is -0.135. The molecule has 0 aliphatic rings. The number of hydrogen-bond acceptors (Lipinski definition) is 7. The summed E-state index contributed by atoms with van der Waals surface area (Å²) >= 11 is 9.60. The van der Waals surface area contributed by atoms with Crippen LogP contribution in [0.5, 0.6) is 0 Å². The second kappa shape index (κ2) is 5.82. The van der Waals surface area contributed by atoms with Crippen LogP contribution in [0.15, 0.2) is 0 Å². The van der Waals surface area contributed by atoms with Gasteiger partial charge in [-0.2, -0.15) is 4.98 Å². The number of aromatic amines is 2. The summed E-state index contributed by atoms with van der Waals surface area (Å²) in [5.74, 6) is -1.08. The van der Waals surface area contributed by atoms with Gasteiger partial charge < -0.3 is 30.2 Å². The summed E-state index contributed by atoms with van der Waals surface area (Å²) in [5.41, 5.74) is 0. The standard InChI is InChI=1S/C7H10N4O4S2/c12-3(13)1-11(2-4(14)15)5-8-6(16)10-7(17)9-5/h3,12-13H,1-2H2,(H,14,15)(H2,8,9,10,16,17). The molecule has 1 aromatic rings. The van der Waals surface area contributed by atoms with Gasteiger partial charge in [-0.1, -0.05) is 0 Å². The van der Waals surface area contributed by atoms with E-state index in [2.05, 4.69) is 15.0 Å². The third-order valence-electron chi connectivity index (χ3n) is 1.66. The fraction of sp³-hybridized carbons (Fsp3) is 0.429. The number of aromatic nitrogens is 3. The Hall–Kier alpha value is -1.36. The van der Waals surface area contributed by atoms with Gasteiger partial charge in [0.15, 0.2) is 11.1 Å². The zero-order valence-corrected chi connectivity index (χ0v) is 10.1. The molecule has 0 saturated heterocycles. The fourth-order valence-electron chi connectivity index (χ4n) is 1.12. The summed E-state index contributed by atoms with van der Waals surface area (Å²) in [7, 11) is 0. The average molecular weight is 278 g/mol. The van der Waals surface area contributed by atoms with E-state index in [1.54, 1.807) is 0 Å². The minimum atomic E-state index is -1.70. The van der Waals surface area contributed by atoms with E-state index in [0.717, 1.165) is 4.90 Å². The summed E-state index contributed by atoms with van der Waals surface area (Å²) < 4.78 is 0.245. The summed E-state index contributed by atoms with van der Waals surface area (Å²) in [6.45, 7) is -0.794. The first-order chi connectivity index (χ1) is 7.88. The van der Waals surface area contributed by atoms with Gasteiger partial charge in [-0.15, -0.1) is 0 Å². The zero-order chi connectivity index (χ0) is 13.0. The summed E-state index contributed by atoms with van der Waals surface area (Å²) in [5, 5.41) is 26.4. The molecule has 0 fully saturated rings. The van der Waals surface area contributed by atoms with Crippen molar-refractivity contribution >= 4 is 36.4 Å². The molecule has 1 aromatic heterocycles. The predicted octanol–water partition coefficient (Wildman–Crippen LogP) is -0.602. The van der Waals surface area contributed by atoms with Crippen molar-refractivity contribution in [2.45, 2.75) is 6.29 Å². The number of carbonyl (C=O) groups is 1. The van der Waals surface area contributed by atoms with Crippen LogP contribution in [0.1, 0.15) is 0 Å². The lowest BCUT2D eigenvalue weighted by Crippen LogP contribution is -2.37. The Bertz CT molecular complexity index is 483. The molecule has 0 saturated carbocycles. The monoisotopic (exact) mass is 278 g/mol. The van der Waals surface area contributed by atoms with Crippen LogP contribution in [0, 0.1) is 9.54 Å². The van der Waals surface area contributed by atoms with E-state index < -0.39 is 18.8 Å². The lowest BCUT2D eigenvalue weighted by atomic mass is 10.5. The number of nitrogens with zero attached hydrogens (tertiary/aromatic N) is 2. The molecule has 8 nitrogen and oxygen atoms in total. The molecule has 0 amide bonds. The summed E-state index contributed by atoms with van der Waals surface area (Å²) in [4.78, 5) is 20.7. The van der Waals surface area contributed by atoms with Crippen molar-refractivity contribution in [3.8, 4) is 0 Å². The van der Waals surface area contributed by atoms with Crippen molar-refractivity contribution < 1.29 is 20.1 Å². The molecule has 0 radical (unpaired) electrons.